The second kappa shape index (κ2) is 5.61. The normalized spacial score (nSPS) is 10.7. The molecule has 1 N–H and O–H groups in total. The third-order valence-electron chi connectivity index (χ3n) is 1.93. The number of rotatable bonds is 3. The van der Waals surface area contributed by atoms with Gasteiger partial charge in [-0.2, -0.15) is 5.10 Å². The van der Waals surface area contributed by atoms with Crippen molar-refractivity contribution < 1.29 is 0 Å². The van der Waals surface area contributed by atoms with E-state index in [1.165, 1.54) is 12.4 Å². The van der Waals surface area contributed by atoms with Crippen LogP contribution in [0, 0.1) is 0 Å². The number of halogens is 2. The highest BCUT2D eigenvalue weighted by Gasteiger charge is 2.03. The lowest BCUT2D eigenvalue weighted by Gasteiger charge is -2.04. The molecular formula is C11H8Cl2N4. The maximum Gasteiger partial charge on any atom is 0.0965 e. The molecule has 4 nitrogen and oxygen atoms in total. The van der Waals surface area contributed by atoms with Crippen molar-refractivity contribution in [1.29, 1.82) is 0 Å². The van der Waals surface area contributed by atoms with Crippen LogP contribution >= 0.6 is 23.2 Å². The van der Waals surface area contributed by atoms with Gasteiger partial charge < -0.3 is 0 Å². The summed E-state index contributed by atoms with van der Waals surface area (Å²) in [7, 11) is 0. The Morgan fingerprint density at radius 3 is 2.53 bits per heavy atom. The van der Waals surface area contributed by atoms with Crippen LogP contribution in [0.3, 0.4) is 0 Å². The summed E-state index contributed by atoms with van der Waals surface area (Å²) < 4.78 is 0. The van der Waals surface area contributed by atoms with E-state index in [0.29, 0.717) is 15.7 Å². The van der Waals surface area contributed by atoms with Crippen LogP contribution in [-0.4, -0.2) is 16.2 Å². The van der Waals surface area contributed by atoms with Gasteiger partial charge in [-0.3, -0.25) is 15.4 Å². The highest BCUT2D eigenvalue weighted by atomic mass is 35.5. The number of aromatic nitrogens is 2. The molecule has 0 unspecified atom stereocenters. The number of hydrogen-bond acceptors (Lipinski definition) is 4. The Hall–Kier alpha value is -1.65. The largest absolute Gasteiger partial charge is 0.275 e. The first kappa shape index (κ1) is 11.8. The van der Waals surface area contributed by atoms with Gasteiger partial charge >= 0.3 is 0 Å². The van der Waals surface area contributed by atoms with Crippen LogP contribution in [0.5, 0.6) is 0 Å². The molecule has 0 radical (unpaired) electrons. The van der Waals surface area contributed by atoms with Crippen molar-refractivity contribution in [2.75, 3.05) is 5.43 Å². The van der Waals surface area contributed by atoms with Crippen LogP contribution in [0.15, 0.2) is 42.0 Å². The maximum atomic E-state index is 5.92. The van der Waals surface area contributed by atoms with Crippen molar-refractivity contribution in [3.05, 3.63) is 52.5 Å². The Labute approximate surface area is 108 Å². The van der Waals surface area contributed by atoms with Gasteiger partial charge in [-0.05, 0) is 6.07 Å². The lowest BCUT2D eigenvalue weighted by atomic mass is 10.3. The van der Waals surface area contributed by atoms with Gasteiger partial charge in [0.15, 0.2) is 0 Å². The molecule has 2 rings (SSSR count). The summed E-state index contributed by atoms with van der Waals surface area (Å²) >= 11 is 11.8. The van der Waals surface area contributed by atoms with E-state index in [4.69, 9.17) is 23.2 Å². The molecule has 0 bridgehead atoms. The average molecular weight is 267 g/mol. The molecule has 0 aromatic carbocycles. The highest BCUT2D eigenvalue weighted by molar-refractivity contribution is 6.38. The molecule has 0 spiro atoms. The van der Waals surface area contributed by atoms with E-state index < -0.39 is 0 Å². The van der Waals surface area contributed by atoms with E-state index in [-0.39, 0.29) is 0 Å². The van der Waals surface area contributed by atoms with Gasteiger partial charge in [-0.1, -0.05) is 29.3 Å². The molecule has 6 heteroatoms. The zero-order valence-corrected chi connectivity index (χ0v) is 10.2. The Morgan fingerprint density at radius 1 is 1.12 bits per heavy atom. The lowest BCUT2D eigenvalue weighted by molar-refractivity contribution is 1.28. The SMILES string of the molecule is Clc1cncc(Cl)c1N/N=C\c1cccnc1. The van der Waals surface area contributed by atoms with Crippen LogP contribution in [0.4, 0.5) is 5.69 Å². The molecule has 2 heterocycles. The zero-order valence-electron chi connectivity index (χ0n) is 8.64. The number of hydrogen-bond donors (Lipinski definition) is 1. The number of hydrazone groups is 1. The Balaban J connectivity index is 2.10. The molecule has 0 atom stereocenters. The number of anilines is 1. The van der Waals surface area contributed by atoms with Crippen molar-refractivity contribution in [2.24, 2.45) is 5.10 Å². The molecule has 0 aliphatic carbocycles. The van der Waals surface area contributed by atoms with E-state index in [1.807, 2.05) is 12.1 Å². The average Bonchev–Trinajstić information content (AvgIpc) is 2.34. The van der Waals surface area contributed by atoms with E-state index in [1.54, 1.807) is 18.6 Å². The van der Waals surface area contributed by atoms with Crippen LogP contribution in [0.25, 0.3) is 0 Å². The fourth-order valence-corrected chi connectivity index (χ4v) is 1.59. The van der Waals surface area contributed by atoms with Gasteiger partial charge in [0.2, 0.25) is 0 Å². The molecule has 0 saturated heterocycles. The molecule has 86 valence electrons. The fourth-order valence-electron chi connectivity index (χ4n) is 1.14. The molecule has 0 fully saturated rings. The van der Waals surface area contributed by atoms with Gasteiger partial charge in [0.25, 0.3) is 0 Å². The van der Waals surface area contributed by atoms with E-state index in [2.05, 4.69) is 20.5 Å². The number of pyridine rings is 2. The first-order chi connectivity index (χ1) is 8.27. The summed E-state index contributed by atoms with van der Waals surface area (Å²) in [5.41, 5.74) is 4.17. The molecule has 0 aliphatic rings. The van der Waals surface area contributed by atoms with Crippen molar-refractivity contribution in [3.63, 3.8) is 0 Å². The molecule has 17 heavy (non-hydrogen) atoms. The summed E-state index contributed by atoms with van der Waals surface area (Å²) in [4.78, 5) is 7.81. The maximum absolute atomic E-state index is 5.92. The zero-order chi connectivity index (χ0) is 12.1. The van der Waals surface area contributed by atoms with Crippen molar-refractivity contribution in [1.82, 2.24) is 9.97 Å². The molecule has 2 aromatic rings. The summed E-state index contributed by atoms with van der Waals surface area (Å²) in [6, 6.07) is 3.71. The van der Waals surface area contributed by atoms with Gasteiger partial charge in [0, 0.05) is 30.4 Å². The van der Waals surface area contributed by atoms with Crippen molar-refractivity contribution >= 4 is 35.1 Å². The summed E-state index contributed by atoms with van der Waals surface area (Å²) in [6.45, 7) is 0. The fraction of sp³-hybridized carbons (Fsp3) is 0. The minimum Gasteiger partial charge on any atom is -0.275 e. The molecular weight excluding hydrogens is 259 g/mol. The monoisotopic (exact) mass is 266 g/mol. The minimum absolute atomic E-state index is 0.417. The van der Waals surface area contributed by atoms with Crippen LogP contribution in [0.2, 0.25) is 10.0 Å². The first-order valence-electron chi connectivity index (χ1n) is 4.75. The highest BCUT2D eigenvalue weighted by Crippen LogP contribution is 2.28. The predicted molar refractivity (Wildman–Crippen MR) is 69.7 cm³/mol. The molecule has 0 amide bonds. The van der Waals surface area contributed by atoms with E-state index >= 15 is 0 Å². The van der Waals surface area contributed by atoms with E-state index in [0.717, 1.165) is 5.56 Å². The topological polar surface area (TPSA) is 50.2 Å². The van der Waals surface area contributed by atoms with Crippen molar-refractivity contribution in [3.8, 4) is 0 Å². The number of nitrogens with one attached hydrogen (secondary N) is 1. The standard InChI is InChI=1S/C11H8Cl2N4/c12-9-6-15-7-10(13)11(9)17-16-5-8-2-1-3-14-4-8/h1-7H,(H,15,17)/b16-5-. The second-order valence-electron chi connectivity index (χ2n) is 3.13. The Bertz CT molecular complexity index is 508. The quantitative estimate of drug-likeness (QED) is 0.686. The van der Waals surface area contributed by atoms with Crippen LogP contribution in [-0.2, 0) is 0 Å². The third kappa shape index (κ3) is 3.15. The third-order valence-corrected chi connectivity index (χ3v) is 2.50. The summed E-state index contributed by atoms with van der Waals surface area (Å²) in [5.74, 6) is 0. The van der Waals surface area contributed by atoms with Crippen molar-refractivity contribution in [2.45, 2.75) is 0 Å². The molecule has 2 aromatic heterocycles. The molecule has 0 aliphatic heterocycles. The Morgan fingerprint density at radius 2 is 1.88 bits per heavy atom. The van der Waals surface area contributed by atoms with Gasteiger partial charge in [0.05, 0.1) is 21.9 Å². The smallest absolute Gasteiger partial charge is 0.0965 e. The van der Waals surface area contributed by atoms with E-state index in [9.17, 15) is 0 Å². The predicted octanol–water partition coefficient (Wildman–Crippen LogP) is 3.23. The summed E-state index contributed by atoms with van der Waals surface area (Å²) in [5, 5.41) is 4.86. The van der Waals surface area contributed by atoms with Crippen LogP contribution < -0.4 is 5.43 Å². The van der Waals surface area contributed by atoms with Gasteiger partial charge in [0.1, 0.15) is 0 Å². The minimum atomic E-state index is 0.417. The van der Waals surface area contributed by atoms with Crippen LogP contribution in [0.1, 0.15) is 5.56 Å². The van der Waals surface area contributed by atoms with Gasteiger partial charge in [-0.15, -0.1) is 0 Å². The second-order valence-corrected chi connectivity index (χ2v) is 3.95. The number of nitrogens with zero attached hydrogens (tertiary/aromatic N) is 3. The van der Waals surface area contributed by atoms with Gasteiger partial charge in [-0.25, -0.2) is 0 Å². The molecule has 0 saturated carbocycles. The summed E-state index contributed by atoms with van der Waals surface area (Å²) in [6.07, 6.45) is 8.01. The Kier molecular flexibility index (Phi) is 3.90. The lowest BCUT2D eigenvalue weighted by Crippen LogP contribution is -1.93. The first-order valence-corrected chi connectivity index (χ1v) is 5.51.